The quantitative estimate of drug-likeness (QED) is 0.753. The minimum absolute atomic E-state index is 0.193. The van der Waals surface area contributed by atoms with E-state index in [4.69, 9.17) is 16.0 Å². The molecule has 0 atom stereocenters. The van der Waals surface area contributed by atoms with Crippen LogP contribution in [0.3, 0.4) is 0 Å². The second-order valence-corrected chi connectivity index (χ2v) is 4.48. The van der Waals surface area contributed by atoms with Crippen molar-refractivity contribution in [2.75, 3.05) is 0 Å². The second kappa shape index (κ2) is 4.78. The maximum absolute atomic E-state index is 9.85. The molecule has 3 nitrogen and oxygen atoms in total. The zero-order valence-electron chi connectivity index (χ0n) is 9.88. The summed E-state index contributed by atoms with van der Waals surface area (Å²) >= 11 is 5.83. The lowest BCUT2D eigenvalue weighted by molar-refractivity contribution is 0.339. The molecule has 1 heterocycles. The van der Waals surface area contributed by atoms with Crippen LogP contribution in [0.5, 0.6) is 5.95 Å². The maximum atomic E-state index is 9.85. The summed E-state index contributed by atoms with van der Waals surface area (Å²) in [5.74, 6) is 0.198. The van der Waals surface area contributed by atoms with Crippen LogP contribution in [0.15, 0.2) is 59.0 Å². The van der Waals surface area contributed by atoms with Gasteiger partial charge in [-0.3, -0.25) is 0 Å². The van der Waals surface area contributed by atoms with Crippen LogP contribution in [-0.4, -0.2) is 10.1 Å². The summed E-state index contributed by atoms with van der Waals surface area (Å²) in [6, 6.07) is 16.5. The van der Waals surface area contributed by atoms with E-state index in [1.54, 1.807) is 24.3 Å². The lowest BCUT2D eigenvalue weighted by atomic mass is 10.2. The molecule has 19 heavy (non-hydrogen) atoms. The molecule has 0 saturated heterocycles. The summed E-state index contributed by atoms with van der Waals surface area (Å²) in [7, 11) is 0. The summed E-state index contributed by atoms with van der Waals surface area (Å²) < 4.78 is 5.30. The average Bonchev–Trinajstić information content (AvgIpc) is 2.83. The number of hydrogen-bond donors (Lipinski definition) is 1. The van der Waals surface area contributed by atoms with Crippen LogP contribution in [0.1, 0.15) is 0 Å². The van der Waals surface area contributed by atoms with Crippen LogP contribution >= 0.6 is 11.6 Å². The van der Waals surface area contributed by atoms with Crippen LogP contribution in [0.4, 0.5) is 0 Å². The van der Waals surface area contributed by atoms with Gasteiger partial charge in [-0.05, 0) is 24.3 Å². The van der Waals surface area contributed by atoms with Crippen LogP contribution in [0.2, 0.25) is 5.02 Å². The fourth-order valence-corrected chi connectivity index (χ4v) is 1.94. The van der Waals surface area contributed by atoms with Gasteiger partial charge in [0.15, 0.2) is 5.69 Å². The van der Waals surface area contributed by atoms with Gasteiger partial charge in [0.05, 0.1) is 0 Å². The van der Waals surface area contributed by atoms with Crippen molar-refractivity contribution in [3.63, 3.8) is 0 Å². The first-order valence-corrected chi connectivity index (χ1v) is 6.13. The molecule has 0 amide bonds. The number of oxazole rings is 1. The zero-order valence-corrected chi connectivity index (χ0v) is 10.6. The molecule has 0 aliphatic heterocycles. The molecular formula is C15H10ClNO2. The van der Waals surface area contributed by atoms with Gasteiger partial charge in [0.1, 0.15) is 0 Å². The highest BCUT2D eigenvalue weighted by atomic mass is 35.5. The number of aromatic hydroxyl groups is 1. The molecule has 0 aliphatic carbocycles. The number of aromatic nitrogens is 1. The van der Waals surface area contributed by atoms with Crippen molar-refractivity contribution in [3.8, 4) is 28.7 Å². The van der Waals surface area contributed by atoms with Crippen LogP contribution < -0.4 is 0 Å². The highest BCUT2D eigenvalue weighted by molar-refractivity contribution is 6.30. The molecule has 0 saturated carbocycles. The Morgan fingerprint density at radius 3 is 2.26 bits per heavy atom. The van der Waals surface area contributed by atoms with Crippen LogP contribution in [-0.2, 0) is 0 Å². The van der Waals surface area contributed by atoms with Gasteiger partial charge < -0.3 is 9.52 Å². The largest absolute Gasteiger partial charge is 0.479 e. The molecule has 2 aromatic carbocycles. The van der Waals surface area contributed by atoms with Crippen molar-refractivity contribution in [3.05, 3.63) is 59.6 Å². The standard InChI is InChI=1S/C15H10ClNO2/c16-12-8-6-10(7-9-12)13-15(18)19-14(17-13)11-4-2-1-3-5-11/h1-9,18H. The molecule has 94 valence electrons. The average molecular weight is 272 g/mol. The molecule has 0 aliphatic rings. The summed E-state index contributed by atoms with van der Waals surface area (Å²) in [5.41, 5.74) is 1.99. The summed E-state index contributed by atoms with van der Waals surface area (Å²) in [6.07, 6.45) is 0. The fourth-order valence-electron chi connectivity index (χ4n) is 1.81. The van der Waals surface area contributed by atoms with Gasteiger partial charge in [-0.1, -0.05) is 41.9 Å². The Balaban J connectivity index is 2.05. The molecule has 0 bridgehead atoms. The van der Waals surface area contributed by atoms with Crippen LogP contribution in [0, 0.1) is 0 Å². The first-order valence-electron chi connectivity index (χ1n) is 5.75. The number of nitrogens with zero attached hydrogens (tertiary/aromatic N) is 1. The van der Waals surface area contributed by atoms with E-state index in [2.05, 4.69) is 4.98 Å². The van der Waals surface area contributed by atoms with Gasteiger partial charge in [0, 0.05) is 16.1 Å². The van der Waals surface area contributed by atoms with Crippen molar-refractivity contribution >= 4 is 11.6 Å². The van der Waals surface area contributed by atoms with Gasteiger partial charge in [-0.25, -0.2) is 4.98 Å². The van der Waals surface area contributed by atoms with Crippen molar-refractivity contribution in [2.45, 2.75) is 0 Å². The van der Waals surface area contributed by atoms with Gasteiger partial charge in [-0.2, -0.15) is 0 Å². The Bertz CT molecular complexity index is 690. The summed E-state index contributed by atoms with van der Waals surface area (Å²) in [4.78, 5) is 4.32. The maximum Gasteiger partial charge on any atom is 0.311 e. The minimum atomic E-state index is -0.193. The predicted molar refractivity (Wildman–Crippen MR) is 74.0 cm³/mol. The number of hydrogen-bond acceptors (Lipinski definition) is 3. The second-order valence-electron chi connectivity index (χ2n) is 4.05. The lowest BCUT2D eigenvalue weighted by Crippen LogP contribution is -1.79. The van der Waals surface area contributed by atoms with Crippen molar-refractivity contribution < 1.29 is 9.52 Å². The van der Waals surface area contributed by atoms with Crippen molar-refractivity contribution in [1.29, 1.82) is 0 Å². The lowest BCUT2D eigenvalue weighted by Gasteiger charge is -1.95. The smallest absolute Gasteiger partial charge is 0.311 e. The molecule has 0 fully saturated rings. The summed E-state index contributed by atoms with van der Waals surface area (Å²) in [5, 5.41) is 10.5. The molecule has 0 unspecified atom stereocenters. The molecule has 1 aromatic heterocycles. The topological polar surface area (TPSA) is 46.3 Å². The fraction of sp³-hybridized carbons (Fsp3) is 0. The van der Waals surface area contributed by atoms with E-state index in [0.717, 1.165) is 11.1 Å². The first kappa shape index (κ1) is 11.8. The Labute approximate surface area is 115 Å². The third-order valence-electron chi connectivity index (χ3n) is 2.75. The van der Waals surface area contributed by atoms with Gasteiger partial charge in [0.2, 0.25) is 5.89 Å². The monoisotopic (exact) mass is 271 g/mol. The third kappa shape index (κ3) is 2.33. The SMILES string of the molecule is Oc1oc(-c2ccccc2)nc1-c1ccc(Cl)cc1. The molecule has 3 aromatic rings. The van der Waals surface area contributed by atoms with E-state index in [-0.39, 0.29) is 5.95 Å². The van der Waals surface area contributed by atoms with Gasteiger partial charge >= 0.3 is 5.95 Å². The number of halogens is 1. The van der Waals surface area contributed by atoms with Gasteiger partial charge in [0.25, 0.3) is 0 Å². The molecule has 4 heteroatoms. The molecule has 0 spiro atoms. The van der Waals surface area contributed by atoms with Crippen molar-refractivity contribution in [2.24, 2.45) is 0 Å². The predicted octanol–water partition coefficient (Wildman–Crippen LogP) is 4.37. The van der Waals surface area contributed by atoms with Crippen molar-refractivity contribution in [1.82, 2.24) is 4.98 Å². The van der Waals surface area contributed by atoms with E-state index >= 15 is 0 Å². The molecular weight excluding hydrogens is 262 g/mol. The van der Waals surface area contributed by atoms with E-state index in [9.17, 15) is 5.11 Å². The number of benzene rings is 2. The first-order chi connectivity index (χ1) is 9.24. The van der Waals surface area contributed by atoms with E-state index < -0.39 is 0 Å². The van der Waals surface area contributed by atoms with E-state index in [0.29, 0.717) is 16.6 Å². The molecule has 0 radical (unpaired) electrons. The zero-order chi connectivity index (χ0) is 13.2. The highest BCUT2D eigenvalue weighted by Crippen LogP contribution is 2.33. The van der Waals surface area contributed by atoms with E-state index in [1.807, 2.05) is 30.3 Å². The minimum Gasteiger partial charge on any atom is -0.479 e. The normalized spacial score (nSPS) is 10.6. The number of rotatable bonds is 2. The Kier molecular flexibility index (Phi) is 2.97. The van der Waals surface area contributed by atoms with Gasteiger partial charge in [-0.15, -0.1) is 0 Å². The summed E-state index contributed by atoms with van der Waals surface area (Å²) in [6.45, 7) is 0. The third-order valence-corrected chi connectivity index (χ3v) is 3.00. The highest BCUT2D eigenvalue weighted by Gasteiger charge is 2.15. The van der Waals surface area contributed by atoms with E-state index in [1.165, 1.54) is 0 Å². The Morgan fingerprint density at radius 1 is 0.895 bits per heavy atom. The Hall–Kier alpha value is -2.26. The Morgan fingerprint density at radius 2 is 1.58 bits per heavy atom. The van der Waals surface area contributed by atoms with Crippen LogP contribution in [0.25, 0.3) is 22.7 Å². The molecule has 3 rings (SSSR count). The molecule has 1 N–H and O–H groups in total.